The number of aryl methyl sites for hydroxylation is 1. The first kappa shape index (κ1) is 39.0. The van der Waals surface area contributed by atoms with Gasteiger partial charge in [0.15, 0.2) is 0 Å². The van der Waals surface area contributed by atoms with Gasteiger partial charge in [0.2, 0.25) is 5.91 Å². The zero-order chi connectivity index (χ0) is 38.7. The van der Waals surface area contributed by atoms with Gasteiger partial charge in [-0.15, -0.1) is 0 Å². The third kappa shape index (κ3) is 8.96. The molecule has 13 nitrogen and oxygen atoms in total. The zero-order valence-corrected chi connectivity index (χ0v) is 30.9. The number of ether oxygens (including phenoxy) is 1. The minimum Gasteiger partial charge on any atom is -0.496 e. The smallest absolute Gasteiger partial charge is 0.416 e. The summed E-state index contributed by atoms with van der Waals surface area (Å²) in [6, 6.07) is 5.60. The summed E-state index contributed by atoms with van der Waals surface area (Å²) in [6.07, 6.45) is 0.289. The fraction of sp³-hybridized carbons (Fsp3) is 0.579. The fourth-order valence-electron chi connectivity index (χ4n) is 8.22. The molecule has 1 aliphatic carbocycles. The fourth-order valence-corrected chi connectivity index (χ4v) is 8.22. The molecule has 1 saturated carbocycles. The number of non-ortho nitro benzene ring substituents is 1. The average molecular weight is 756 g/mol. The highest BCUT2D eigenvalue weighted by Crippen LogP contribution is 2.43. The van der Waals surface area contributed by atoms with Crippen LogP contribution in [0.4, 0.5) is 29.5 Å². The molecule has 0 unspecified atom stereocenters. The molecule has 2 aromatic carbocycles. The summed E-state index contributed by atoms with van der Waals surface area (Å²) in [5, 5.41) is 24.5. The molecule has 6 rings (SSSR count). The summed E-state index contributed by atoms with van der Waals surface area (Å²) >= 11 is 0. The molecule has 3 fully saturated rings. The Morgan fingerprint density at radius 1 is 0.981 bits per heavy atom. The number of hydrogen-bond acceptors (Lipinski definition) is 9. The van der Waals surface area contributed by atoms with Gasteiger partial charge in [-0.25, -0.2) is 14.8 Å². The lowest BCUT2D eigenvalue weighted by Crippen LogP contribution is -2.51. The van der Waals surface area contributed by atoms with Crippen molar-refractivity contribution in [1.82, 2.24) is 24.7 Å². The summed E-state index contributed by atoms with van der Waals surface area (Å²) in [7, 11) is 1.59. The maximum absolute atomic E-state index is 13.6. The summed E-state index contributed by atoms with van der Waals surface area (Å²) in [4.78, 5) is 50.5. The molecule has 16 heteroatoms. The lowest BCUT2D eigenvalue weighted by molar-refractivity contribution is -0.385. The third-order valence-corrected chi connectivity index (χ3v) is 11.4. The number of amides is 2. The van der Waals surface area contributed by atoms with Crippen molar-refractivity contribution in [2.45, 2.75) is 76.9 Å². The van der Waals surface area contributed by atoms with Crippen molar-refractivity contribution < 1.29 is 37.5 Å². The molecule has 2 saturated heterocycles. The van der Waals surface area contributed by atoms with E-state index in [0.717, 1.165) is 82.3 Å². The van der Waals surface area contributed by atoms with Crippen LogP contribution in [0.25, 0.3) is 10.9 Å². The van der Waals surface area contributed by atoms with Gasteiger partial charge in [0.25, 0.3) is 5.69 Å². The highest BCUT2D eigenvalue weighted by Gasteiger charge is 2.35. The number of hydrogen-bond donors (Lipinski definition) is 2. The molecule has 2 amide bonds. The number of fused-ring (bicyclic) bond motifs is 1. The number of nitrogens with one attached hydrogen (secondary N) is 1. The van der Waals surface area contributed by atoms with Crippen molar-refractivity contribution in [3.63, 3.8) is 0 Å². The number of benzene rings is 2. The third-order valence-electron chi connectivity index (χ3n) is 11.4. The number of nitro groups is 1. The molecule has 1 aromatic heterocycles. The first-order chi connectivity index (χ1) is 25.7. The topological polar surface area (TPSA) is 154 Å². The van der Waals surface area contributed by atoms with E-state index in [9.17, 15) is 38.0 Å². The Hall–Kier alpha value is -4.73. The van der Waals surface area contributed by atoms with Crippen molar-refractivity contribution >= 4 is 34.4 Å². The molecule has 2 N–H and O–H groups in total. The van der Waals surface area contributed by atoms with Crippen molar-refractivity contribution in [2.75, 3.05) is 58.2 Å². The van der Waals surface area contributed by atoms with E-state index < -0.39 is 34.5 Å². The van der Waals surface area contributed by atoms with Crippen molar-refractivity contribution in [3.05, 3.63) is 63.0 Å². The lowest BCUT2D eigenvalue weighted by Gasteiger charge is -2.39. The van der Waals surface area contributed by atoms with E-state index >= 15 is 0 Å². The molecule has 0 spiro atoms. The highest BCUT2D eigenvalue weighted by molar-refractivity contribution is 5.91. The monoisotopic (exact) mass is 755 g/mol. The first-order valence-electron chi connectivity index (χ1n) is 18.7. The van der Waals surface area contributed by atoms with Crippen molar-refractivity contribution in [1.29, 1.82) is 0 Å². The number of carbonyl (C=O) groups is 2. The van der Waals surface area contributed by atoms with E-state index in [1.165, 1.54) is 4.90 Å². The van der Waals surface area contributed by atoms with E-state index in [-0.39, 0.29) is 23.3 Å². The summed E-state index contributed by atoms with van der Waals surface area (Å²) in [6.45, 7) is 8.59. The van der Waals surface area contributed by atoms with Gasteiger partial charge in [0.05, 0.1) is 29.2 Å². The Bertz CT molecular complexity index is 1850. The van der Waals surface area contributed by atoms with Gasteiger partial charge in [-0.2, -0.15) is 13.2 Å². The number of piperidine rings is 1. The van der Waals surface area contributed by atoms with Gasteiger partial charge in [-0.05, 0) is 100 Å². The van der Waals surface area contributed by atoms with Gasteiger partial charge in [0.1, 0.15) is 17.4 Å². The summed E-state index contributed by atoms with van der Waals surface area (Å²) in [5.41, 5.74) is -0.135. The summed E-state index contributed by atoms with van der Waals surface area (Å²) in [5.74, 6) is 2.27. The minimum atomic E-state index is -4.76. The van der Waals surface area contributed by atoms with Gasteiger partial charge in [-0.1, -0.05) is 0 Å². The van der Waals surface area contributed by atoms with Crippen molar-refractivity contribution in [3.8, 4) is 5.75 Å². The maximum atomic E-state index is 13.6. The van der Waals surface area contributed by atoms with Crippen LogP contribution in [0.5, 0.6) is 5.75 Å². The Balaban J connectivity index is 1.09. The molecule has 0 radical (unpaired) electrons. The maximum Gasteiger partial charge on any atom is 0.416 e. The number of nitrogens with zero attached hydrogens (tertiary/aromatic N) is 6. The number of aromatic nitrogens is 2. The standard InChI is InChI=1S/C38H48F3N7O6/c1-23(28-18-29(38(39,40)41)20-30(19-28)48(52)53)42-35-32-21-31(34(54-3)22-33(32)43-24(2)44-35)26-4-6-27(7-5-26)36(49)46-16-14-45(15-17-46)11-8-25-9-12-47(13-10-25)37(50)51/h18-23,25-27H,4-17H2,1-3H3,(H,50,51)(H,42,43,44)/t23-,26?,27?/m1/s1. The number of carbonyl (C=O) groups excluding carboxylic acids is 1. The molecular formula is C38H48F3N7O6. The van der Waals surface area contributed by atoms with Crippen LogP contribution in [0.3, 0.4) is 0 Å². The Kier molecular flexibility index (Phi) is 11.8. The molecule has 3 heterocycles. The number of rotatable bonds is 10. The molecule has 2 aliphatic heterocycles. The highest BCUT2D eigenvalue weighted by atomic mass is 19.4. The number of nitro benzene ring substituents is 1. The average Bonchev–Trinajstić information content (AvgIpc) is 3.16. The van der Waals surface area contributed by atoms with Crippen LogP contribution < -0.4 is 10.1 Å². The predicted molar refractivity (Wildman–Crippen MR) is 196 cm³/mol. The van der Waals surface area contributed by atoms with Crippen LogP contribution >= 0.6 is 0 Å². The second-order valence-electron chi connectivity index (χ2n) is 14.9. The van der Waals surface area contributed by atoms with Crippen molar-refractivity contribution in [2.24, 2.45) is 11.8 Å². The van der Waals surface area contributed by atoms with Crippen LogP contribution in [-0.4, -0.2) is 99.6 Å². The van der Waals surface area contributed by atoms with Crippen LogP contribution in [0.1, 0.15) is 86.3 Å². The molecule has 3 aliphatic rings. The number of piperazine rings is 1. The summed E-state index contributed by atoms with van der Waals surface area (Å²) < 4.78 is 46.7. The van der Waals surface area contributed by atoms with Crippen LogP contribution in [0.15, 0.2) is 30.3 Å². The largest absolute Gasteiger partial charge is 0.496 e. The molecule has 3 aromatic rings. The Labute approximate surface area is 312 Å². The Morgan fingerprint density at radius 3 is 2.28 bits per heavy atom. The van der Waals surface area contributed by atoms with E-state index in [4.69, 9.17) is 4.74 Å². The number of methoxy groups -OCH3 is 1. The minimum absolute atomic E-state index is 0.0563. The number of alkyl halides is 3. The van der Waals surface area contributed by atoms with Crippen LogP contribution in [-0.2, 0) is 11.0 Å². The van der Waals surface area contributed by atoms with E-state index in [2.05, 4.69) is 20.2 Å². The van der Waals surface area contributed by atoms with Crippen LogP contribution in [0, 0.1) is 28.9 Å². The number of halogens is 3. The predicted octanol–water partition coefficient (Wildman–Crippen LogP) is 7.25. The number of carboxylic acid groups (broad SMARTS) is 1. The molecule has 1 atom stereocenters. The molecule has 292 valence electrons. The van der Waals surface area contributed by atoms with E-state index in [1.807, 2.05) is 17.0 Å². The SMILES string of the molecule is COc1cc2nc(C)nc(N[C@H](C)c3cc([N+](=O)[O-])cc(C(F)(F)F)c3)c2cc1C1CCC(C(=O)N2CCN(CCC3CCN(C(=O)O)CC3)CC2)CC1. The second kappa shape index (κ2) is 16.3. The first-order valence-corrected chi connectivity index (χ1v) is 18.7. The van der Waals surface area contributed by atoms with Gasteiger partial charge in [0, 0.05) is 68.8 Å². The molecule has 0 bridgehead atoms. The van der Waals surface area contributed by atoms with Gasteiger partial charge < -0.3 is 25.0 Å². The van der Waals surface area contributed by atoms with E-state index in [0.29, 0.717) is 66.5 Å². The zero-order valence-electron chi connectivity index (χ0n) is 30.9. The Morgan fingerprint density at radius 2 is 1.67 bits per heavy atom. The van der Waals surface area contributed by atoms with Crippen LogP contribution in [0.2, 0.25) is 0 Å². The van der Waals surface area contributed by atoms with Gasteiger partial charge >= 0.3 is 12.3 Å². The van der Waals surface area contributed by atoms with Gasteiger partial charge in [-0.3, -0.25) is 19.8 Å². The van der Waals surface area contributed by atoms with E-state index in [1.54, 1.807) is 21.0 Å². The lowest BCUT2D eigenvalue weighted by atomic mass is 9.77. The molecular weight excluding hydrogens is 707 g/mol. The quantitative estimate of drug-likeness (QED) is 0.160. The number of likely N-dealkylation sites (tertiary alicyclic amines) is 1. The normalized spacial score (nSPS) is 20.9. The second-order valence-corrected chi connectivity index (χ2v) is 14.9. The molecule has 54 heavy (non-hydrogen) atoms. The number of anilines is 1.